The number of hydrogen-bond donors (Lipinski definition) is 3. The van der Waals surface area contributed by atoms with Gasteiger partial charge in [-0.15, -0.1) is 0 Å². The summed E-state index contributed by atoms with van der Waals surface area (Å²) in [5.41, 5.74) is 0. The molecule has 0 bridgehead atoms. The van der Waals surface area contributed by atoms with Gasteiger partial charge in [-0.05, 0) is 77.0 Å². The third-order valence-corrected chi connectivity index (χ3v) is 9.30. The fourth-order valence-corrected chi connectivity index (χ4v) is 5.93. The monoisotopic (exact) mass is 795 g/mol. The Morgan fingerprint density at radius 2 is 1.02 bits per heavy atom. The molecule has 11 heteroatoms. The van der Waals surface area contributed by atoms with Crippen molar-refractivity contribution in [1.29, 1.82) is 0 Å². The van der Waals surface area contributed by atoms with E-state index in [1.54, 1.807) is 0 Å². The molecule has 3 atom stereocenters. The number of phosphoric acid groups is 1. The van der Waals surface area contributed by atoms with Crippen molar-refractivity contribution in [3.8, 4) is 0 Å². The first kappa shape index (κ1) is 52.4. The lowest BCUT2D eigenvalue weighted by Crippen LogP contribution is -2.29. The van der Waals surface area contributed by atoms with Crippen LogP contribution in [0.4, 0.5) is 0 Å². The third-order valence-electron chi connectivity index (χ3n) is 8.34. The van der Waals surface area contributed by atoms with Gasteiger partial charge in [0.1, 0.15) is 12.7 Å². The van der Waals surface area contributed by atoms with E-state index in [1.807, 2.05) is 6.08 Å². The van der Waals surface area contributed by atoms with E-state index in [9.17, 15) is 24.2 Å². The number of esters is 2. The van der Waals surface area contributed by atoms with Crippen LogP contribution in [0.1, 0.15) is 155 Å². The molecule has 316 valence electrons. The quantitative estimate of drug-likeness (QED) is 0.0239. The number of carbonyl (C=O) groups is 2. The first-order chi connectivity index (χ1) is 26.7. The predicted octanol–water partition coefficient (Wildman–Crippen LogP) is 10.9. The van der Waals surface area contributed by atoms with Crippen molar-refractivity contribution in [2.75, 3.05) is 26.4 Å². The van der Waals surface area contributed by atoms with Gasteiger partial charge in [-0.25, -0.2) is 4.57 Å². The van der Waals surface area contributed by atoms with E-state index in [0.717, 1.165) is 57.8 Å². The fraction of sp³-hybridized carbons (Fsp3) is 0.682. The lowest BCUT2D eigenvalue weighted by atomic mass is 10.1. The zero-order chi connectivity index (χ0) is 40.5. The molecule has 0 aliphatic carbocycles. The first-order valence-electron chi connectivity index (χ1n) is 20.9. The maximum atomic E-state index is 12.6. The zero-order valence-electron chi connectivity index (χ0n) is 34.1. The van der Waals surface area contributed by atoms with Crippen LogP contribution in [0.2, 0.25) is 0 Å². The molecular formula is C44H75O10P. The van der Waals surface area contributed by atoms with E-state index in [-0.39, 0.29) is 19.4 Å². The smallest absolute Gasteiger partial charge is 0.462 e. The Bertz CT molecular complexity index is 1140. The minimum absolute atomic E-state index is 0.159. The van der Waals surface area contributed by atoms with Crippen LogP contribution >= 0.6 is 7.82 Å². The van der Waals surface area contributed by atoms with Crippen molar-refractivity contribution >= 4 is 19.8 Å². The van der Waals surface area contributed by atoms with Gasteiger partial charge in [-0.2, -0.15) is 0 Å². The van der Waals surface area contributed by atoms with Crippen LogP contribution in [0, 0.1) is 0 Å². The van der Waals surface area contributed by atoms with Gasteiger partial charge >= 0.3 is 19.8 Å². The number of unbranched alkanes of at least 4 members (excludes halogenated alkanes) is 12. The van der Waals surface area contributed by atoms with E-state index in [4.69, 9.17) is 19.1 Å². The molecule has 0 heterocycles. The summed E-state index contributed by atoms with van der Waals surface area (Å²) < 4.78 is 32.6. The number of rotatable bonds is 38. The molecular weight excluding hydrogens is 719 g/mol. The highest BCUT2D eigenvalue weighted by molar-refractivity contribution is 7.47. The third kappa shape index (κ3) is 39.4. The molecule has 10 nitrogen and oxygen atoms in total. The average molecular weight is 795 g/mol. The number of hydrogen-bond acceptors (Lipinski definition) is 9. The van der Waals surface area contributed by atoms with Gasteiger partial charge in [0.05, 0.1) is 19.8 Å². The fourth-order valence-electron chi connectivity index (χ4n) is 5.14. The molecule has 0 aromatic rings. The largest absolute Gasteiger partial charge is 0.472 e. The maximum Gasteiger partial charge on any atom is 0.472 e. The number of phosphoric ester groups is 1. The Kier molecular flexibility index (Phi) is 37.8. The molecule has 0 aromatic carbocycles. The lowest BCUT2D eigenvalue weighted by Gasteiger charge is -2.20. The summed E-state index contributed by atoms with van der Waals surface area (Å²) in [6.45, 7) is 2.17. The summed E-state index contributed by atoms with van der Waals surface area (Å²) >= 11 is 0. The van der Waals surface area contributed by atoms with Crippen LogP contribution in [0.25, 0.3) is 0 Å². The number of aliphatic hydroxyl groups is 2. The van der Waals surface area contributed by atoms with Crippen LogP contribution in [0.5, 0.6) is 0 Å². The van der Waals surface area contributed by atoms with E-state index in [2.05, 4.69) is 85.2 Å². The molecule has 0 saturated carbocycles. The van der Waals surface area contributed by atoms with Gasteiger partial charge in [0, 0.05) is 12.8 Å². The molecule has 0 aromatic heterocycles. The van der Waals surface area contributed by atoms with Gasteiger partial charge in [-0.3, -0.25) is 18.6 Å². The number of allylic oxidation sites excluding steroid dienone is 12. The van der Waals surface area contributed by atoms with Crippen LogP contribution in [-0.2, 0) is 32.7 Å². The summed E-state index contributed by atoms with van der Waals surface area (Å²) in [6.07, 6.45) is 44.4. The van der Waals surface area contributed by atoms with Gasteiger partial charge in [-0.1, -0.05) is 138 Å². The highest BCUT2D eigenvalue weighted by Gasteiger charge is 2.27. The van der Waals surface area contributed by atoms with Crippen molar-refractivity contribution in [2.45, 2.75) is 167 Å². The molecule has 0 saturated heterocycles. The average Bonchev–Trinajstić information content (AvgIpc) is 3.17. The molecule has 0 fully saturated rings. The van der Waals surface area contributed by atoms with Crippen LogP contribution < -0.4 is 0 Å². The highest BCUT2D eigenvalue weighted by Crippen LogP contribution is 2.43. The topological polar surface area (TPSA) is 149 Å². The minimum atomic E-state index is -4.63. The number of aliphatic hydroxyl groups excluding tert-OH is 2. The van der Waals surface area contributed by atoms with E-state index >= 15 is 0 Å². The second-order valence-corrected chi connectivity index (χ2v) is 15.1. The van der Waals surface area contributed by atoms with E-state index in [0.29, 0.717) is 19.3 Å². The van der Waals surface area contributed by atoms with Gasteiger partial charge in [0.25, 0.3) is 0 Å². The van der Waals surface area contributed by atoms with E-state index < -0.39 is 51.8 Å². The zero-order valence-corrected chi connectivity index (χ0v) is 35.0. The summed E-state index contributed by atoms with van der Waals surface area (Å²) in [5, 5.41) is 18.3. The summed E-state index contributed by atoms with van der Waals surface area (Å²) in [5.74, 6) is -1.00. The summed E-state index contributed by atoms with van der Waals surface area (Å²) in [7, 11) is -4.63. The van der Waals surface area contributed by atoms with Crippen molar-refractivity contribution in [2.24, 2.45) is 0 Å². The Morgan fingerprint density at radius 3 is 1.58 bits per heavy atom. The molecule has 0 radical (unpaired) electrons. The standard InChI is InChI=1S/C44H75O10P/c1-3-5-7-9-11-13-15-17-19-20-22-23-25-27-29-31-33-35-43(47)51-39-42(40-53-55(49,50)52-38-41(46)37-45)54-44(48)36-34-32-30-28-26-24-21-18-16-14-12-10-8-6-4-2/h5,7,11,13-14,16-17,19,22-23,27,29,41-42,45-46H,3-4,6,8-10,12,15,18,20-21,24-26,28,30-40H2,1-2H3,(H,49,50)/b7-5+,13-11+,16-14+,19-17+,23-22+,29-27+/t41-,42+/m0/s1. The molecule has 0 rings (SSSR count). The molecule has 0 amide bonds. The van der Waals surface area contributed by atoms with Crippen LogP contribution in [-0.4, -0.2) is 65.7 Å². The van der Waals surface area contributed by atoms with E-state index in [1.165, 1.54) is 51.4 Å². The van der Waals surface area contributed by atoms with Crippen LogP contribution in [0.3, 0.4) is 0 Å². The normalized spacial score (nSPS) is 14.6. The molecule has 0 aliphatic heterocycles. The Balaban J connectivity index is 4.43. The van der Waals surface area contributed by atoms with Crippen molar-refractivity contribution in [3.05, 3.63) is 72.9 Å². The second-order valence-electron chi connectivity index (χ2n) is 13.6. The Hall–Kier alpha value is -2.59. The number of carbonyl (C=O) groups excluding carboxylic acids is 2. The minimum Gasteiger partial charge on any atom is -0.462 e. The van der Waals surface area contributed by atoms with Crippen LogP contribution in [0.15, 0.2) is 72.9 Å². The first-order valence-corrected chi connectivity index (χ1v) is 22.4. The highest BCUT2D eigenvalue weighted by atomic mass is 31.2. The molecule has 55 heavy (non-hydrogen) atoms. The van der Waals surface area contributed by atoms with Gasteiger partial charge in [0.2, 0.25) is 0 Å². The molecule has 0 aliphatic rings. The van der Waals surface area contributed by atoms with Crippen molar-refractivity contribution in [3.63, 3.8) is 0 Å². The van der Waals surface area contributed by atoms with Crippen molar-refractivity contribution < 1.29 is 47.8 Å². The molecule has 0 spiro atoms. The molecule has 3 N–H and O–H groups in total. The summed E-state index contributed by atoms with van der Waals surface area (Å²) in [4.78, 5) is 34.9. The second kappa shape index (κ2) is 39.6. The molecule has 1 unspecified atom stereocenters. The Labute approximate surface area is 333 Å². The van der Waals surface area contributed by atoms with Gasteiger partial charge in [0.15, 0.2) is 6.10 Å². The number of ether oxygens (including phenoxy) is 2. The predicted molar refractivity (Wildman–Crippen MR) is 223 cm³/mol. The Morgan fingerprint density at radius 1 is 0.564 bits per heavy atom. The maximum absolute atomic E-state index is 12.6. The SMILES string of the molecule is CC/C=C/C/C=C/C/C=C/C/C=C/C/C=C/CCCC(=O)OC[C@H](COP(=O)(O)OC[C@@H](O)CO)OC(=O)CCCCCCCCC/C=C/CCCCCC. The lowest BCUT2D eigenvalue weighted by molar-refractivity contribution is -0.161. The van der Waals surface area contributed by atoms with Gasteiger partial charge < -0.3 is 24.6 Å². The van der Waals surface area contributed by atoms with Crippen molar-refractivity contribution in [1.82, 2.24) is 0 Å². The summed E-state index contributed by atoms with van der Waals surface area (Å²) in [6, 6.07) is 0.